The highest BCUT2D eigenvalue weighted by Crippen LogP contribution is 2.47. The molecular weight excluding hydrogens is 779 g/mol. The summed E-state index contributed by atoms with van der Waals surface area (Å²) in [5, 5.41) is 50.1. The molecule has 1 fully saturated rings. The molecule has 0 amide bonds. The number of carbonyl (C=O) groups is 2. The molecule has 14 heteroatoms. The fraction of sp³-hybridized carbons (Fsp3) is 0.822. The van der Waals surface area contributed by atoms with Gasteiger partial charge in [-0.1, -0.05) is 166 Å². The highest BCUT2D eigenvalue weighted by molar-refractivity contribution is 7.47. The van der Waals surface area contributed by atoms with Crippen molar-refractivity contribution >= 4 is 19.8 Å². The van der Waals surface area contributed by atoms with Crippen molar-refractivity contribution in [2.75, 3.05) is 13.2 Å². The number of aliphatic hydroxyl groups excluding tert-OH is 5. The van der Waals surface area contributed by atoms with E-state index < -0.39 is 75.7 Å². The summed E-state index contributed by atoms with van der Waals surface area (Å²) in [7, 11) is -5.13. The van der Waals surface area contributed by atoms with Gasteiger partial charge in [0.25, 0.3) is 0 Å². The molecule has 4 unspecified atom stereocenters. The van der Waals surface area contributed by atoms with E-state index in [1.807, 2.05) is 12.2 Å². The number of rotatable bonds is 37. The second-order valence-electron chi connectivity index (χ2n) is 15.9. The third-order valence-corrected chi connectivity index (χ3v) is 11.5. The smallest absolute Gasteiger partial charge is 0.462 e. The lowest BCUT2D eigenvalue weighted by Crippen LogP contribution is -2.64. The van der Waals surface area contributed by atoms with Crippen molar-refractivity contribution < 1.29 is 63.1 Å². The van der Waals surface area contributed by atoms with Gasteiger partial charge in [0.1, 0.15) is 43.2 Å². The number of ether oxygens (including phenoxy) is 2. The van der Waals surface area contributed by atoms with Crippen molar-refractivity contribution in [1.82, 2.24) is 0 Å². The summed E-state index contributed by atoms with van der Waals surface area (Å²) >= 11 is 0. The molecule has 1 saturated carbocycles. The molecule has 6 N–H and O–H groups in total. The maximum Gasteiger partial charge on any atom is 0.472 e. The number of phosphoric acid groups is 1. The lowest BCUT2D eigenvalue weighted by Gasteiger charge is -2.41. The molecule has 8 atom stereocenters. The molecule has 0 aliphatic heterocycles. The van der Waals surface area contributed by atoms with Crippen molar-refractivity contribution in [2.24, 2.45) is 0 Å². The summed E-state index contributed by atoms with van der Waals surface area (Å²) in [4.78, 5) is 35.6. The Balaban J connectivity index is 2.52. The number of carbonyl (C=O) groups excluding carboxylic acids is 2. The van der Waals surface area contributed by atoms with Crippen molar-refractivity contribution in [2.45, 2.75) is 224 Å². The first-order chi connectivity index (χ1) is 28.4. The van der Waals surface area contributed by atoms with Crippen molar-refractivity contribution in [1.29, 1.82) is 0 Å². The van der Waals surface area contributed by atoms with Gasteiger partial charge in [-0.2, -0.15) is 0 Å². The first kappa shape index (κ1) is 55.1. The zero-order chi connectivity index (χ0) is 43.6. The van der Waals surface area contributed by atoms with Crippen LogP contribution in [0.5, 0.6) is 0 Å². The Morgan fingerprint density at radius 1 is 0.525 bits per heavy atom. The molecule has 344 valence electrons. The first-order valence-corrected chi connectivity index (χ1v) is 24.3. The van der Waals surface area contributed by atoms with Crippen LogP contribution in [0, 0.1) is 0 Å². The lowest BCUT2D eigenvalue weighted by atomic mass is 9.85. The lowest BCUT2D eigenvalue weighted by molar-refractivity contribution is -0.220. The Hall–Kier alpha value is -1.93. The van der Waals surface area contributed by atoms with Crippen molar-refractivity contribution in [3.63, 3.8) is 0 Å². The van der Waals surface area contributed by atoms with Crippen LogP contribution in [0.25, 0.3) is 0 Å². The standard InChI is InChI=1S/C45H81O13P/c1-3-5-7-9-11-13-15-17-18-19-20-22-24-26-28-30-32-34-39(47)57-37(36-56-59(53,54)58-45-43(51)41(49)40(48)42(50)44(45)52)35-55-38(46)33-31-29-27-25-23-21-16-14-12-10-8-6-4-2/h18-19,22,24,28,30,37,40-45,48-52H,3-17,20-21,23,25-27,29,31-36H2,1-2H3,(H,53,54)/b19-18-,24-22-,30-28-/t37?,40?,41-,42+,43-,44-,45?/m1/s1. The zero-order valence-corrected chi connectivity index (χ0v) is 37.2. The van der Waals surface area contributed by atoms with Crippen molar-refractivity contribution in [3.05, 3.63) is 36.5 Å². The predicted octanol–water partition coefficient (Wildman–Crippen LogP) is 8.61. The Labute approximate surface area is 355 Å². The molecule has 0 saturated heterocycles. The molecule has 1 aliphatic rings. The highest BCUT2D eigenvalue weighted by Gasteiger charge is 2.51. The van der Waals surface area contributed by atoms with Crippen LogP contribution < -0.4 is 0 Å². The maximum atomic E-state index is 12.8. The van der Waals surface area contributed by atoms with Crippen LogP contribution in [0.2, 0.25) is 0 Å². The number of esters is 2. The van der Waals surface area contributed by atoms with E-state index in [2.05, 4.69) is 38.2 Å². The van der Waals surface area contributed by atoms with Gasteiger partial charge in [-0.3, -0.25) is 18.6 Å². The second kappa shape index (κ2) is 35.6. The monoisotopic (exact) mass is 861 g/mol. The molecular formula is C45H81O13P. The number of hydrogen-bond donors (Lipinski definition) is 6. The normalized spacial score (nSPS) is 22.6. The highest BCUT2D eigenvalue weighted by atomic mass is 31.2. The van der Waals surface area contributed by atoms with Crippen LogP contribution in [-0.4, -0.2) is 98.3 Å². The molecule has 59 heavy (non-hydrogen) atoms. The Bertz CT molecular complexity index is 1180. The number of phosphoric ester groups is 1. The minimum Gasteiger partial charge on any atom is -0.462 e. The van der Waals surface area contributed by atoms with Gasteiger partial charge >= 0.3 is 19.8 Å². The topological polar surface area (TPSA) is 210 Å². The van der Waals surface area contributed by atoms with Crippen LogP contribution in [0.15, 0.2) is 36.5 Å². The van der Waals surface area contributed by atoms with E-state index >= 15 is 0 Å². The average Bonchev–Trinajstić information content (AvgIpc) is 3.21. The van der Waals surface area contributed by atoms with Gasteiger partial charge in [-0.25, -0.2) is 4.57 Å². The van der Waals surface area contributed by atoms with E-state index in [0.717, 1.165) is 32.1 Å². The van der Waals surface area contributed by atoms with Crippen LogP contribution in [0.1, 0.15) is 181 Å². The molecule has 0 radical (unpaired) electrons. The summed E-state index contributed by atoms with van der Waals surface area (Å²) < 4.78 is 33.4. The van der Waals surface area contributed by atoms with E-state index in [1.54, 1.807) is 0 Å². The maximum absolute atomic E-state index is 12.8. The zero-order valence-electron chi connectivity index (χ0n) is 36.3. The van der Waals surface area contributed by atoms with Crippen LogP contribution in [0.4, 0.5) is 0 Å². The van der Waals surface area contributed by atoms with Crippen molar-refractivity contribution in [3.8, 4) is 0 Å². The number of unbranched alkanes of at least 4 members (excludes halogenated alkanes) is 19. The third kappa shape index (κ3) is 28.3. The number of aliphatic hydroxyl groups is 5. The summed E-state index contributed by atoms with van der Waals surface area (Å²) in [5.74, 6) is -1.18. The van der Waals surface area contributed by atoms with Crippen LogP contribution in [-0.2, 0) is 32.7 Å². The van der Waals surface area contributed by atoms with Gasteiger partial charge in [0, 0.05) is 12.8 Å². The third-order valence-electron chi connectivity index (χ3n) is 10.5. The largest absolute Gasteiger partial charge is 0.472 e. The van der Waals surface area contributed by atoms with Gasteiger partial charge in [0.05, 0.1) is 6.61 Å². The van der Waals surface area contributed by atoms with E-state index in [0.29, 0.717) is 19.3 Å². The average molecular weight is 861 g/mol. The summed E-state index contributed by atoms with van der Waals surface area (Å²) in [5.41, 5.74) is 0. The fourth-order valence-electron chi connectivity index (χ4n) is 6.79. The Morgan fingerprint density at radius 2 is 0.949 bits per heavy atom. The van der Waals surface area contributed by atoms with Gasteiger partial charge < -0.3 is 39.9 Å². The molecule has 0 heterocycles. The minimum absolute atomic E-state index is 0.0171. The first-order valence-electron chi connectivity index (χ1n) is 22.8. The molecule has 0 aromatic rings. The molecule has 13 nitrogen and oxygen atoms in total. The molecule has 0 aromatic carbocycles. The van der Waals surface area contributed by atoms with Crippen LogP contribution >= 0.6 is 7.82 Å². The molecule has 0 aromatic heterocycles. The van der Waals surface area contributed by atoms with E-state index in [1.165, 1.54) is 103 Å². The molecule has 0 spiro atoms. The van der Waals surface area contributed by atoms with Gasteiger partial charge in [0.15, 0.2) is 6.10 Å². The second-order valence-corrected chi connectivity index (χ2v) is 17.3. The molecule has 1 rings (SSSR count). The predicted molar refractivity (Wildman–Crippen MR) is 230 cm³/mol. The number of allylic oxidation sites excluding steroid dienone is 6. The van der Waals surface area contributed by atoms with E-state index in [-0.39, 0.29) is 12.8 Å². The van der Waals surface area contributed by atoms with Gasteiger partial charge in [-0.05, 0) is 38.5 Å². The molecule has 1 aliphatic carbocycles. The van der Waals surface area contributed by atoms with Gasteiger partial charge in [-0.15, -0.1) is 0 Å². The Kier molecular flexibility index (Phi) is 33.3. The Morgan fingerprint density at radius 3 is 1.46 bits per heavy atom. The minimum atomic E-state index is -5.13. The van der Waals surface area contributed by atoms with Crippen LogP contribution in [0.3, 0.4) is 0 Å². The fourth-order valence-corrected chi connectivity index (χ4v) is 7.76. The van der Waals surface area contributed by atoms with Gasteiger partial charge in [0.2, 0.25) is 0 Å². The SMILES string of the molecule is CCCCCCCCC/C=C\C/C=C\C/C=C\CCC(=O)OC(COC(=O)CCCCCCCCCCCCCCC)COP(=O)(O)OC1[C@H](O)[C@H](O)C(O)[C@H](O)[C@H]1O. The quantitative estimate of drug-likeness (QED) is 0.0150. The number of hydrogen-bond acceptors (Lipinski definition) is 12. The van der Waals surface area contributed by atoms with E-state index in [9.17, 15) is 44.6 Å². The van der Waals surface area contributed by atoms with E-state index in [4.69, 9.17) is 18.5 Å². The summed E-state index contributed by atoms with van der Waals surface area (Å²) in [6.45, 7) is 3.24. The summed E-state index contributed by atoms with van der Waals surface area (Å²) in [6, 6.07) is 0. The molecule has 0 bridgehead atoms. The summed E-state index contributed by atoms with van der Waals surface area (Å²) in [6.07, 6.45) is 26.5.